The molecule has 0 bridgehead atoms. The van der Waals surface area contributed by atoms with Gasteiger partial charge >= 0.3 is 0 Å². The Labute approximate surface area is 138 Å². The Bertz CT molecular complexity index is 783. The Morgan fingerprint density at radius 1 is 1.22 bits per heavy atom. The zero-order chi connectivity index (χ0) is 16.1. The molecule has 0 radical (unpaired) electrons. The quantitative estimate of drug-likeness (QED) is 0.766. The Morgan fingerprint density at radius 3 is 2.74 bits per heavy atom. The number of carbonyl (C=O) groups is 1. The molecule has 0 atom stereocenters. The van der Waals surface area contributed by atoms with Gasteiger partial charge in [-0.05, 0) is 36.8 Å². The van der Waals surface area contributed by atoms with Crippen molar-refractivity contribution in [3.63, 3.8) is 0 Å². The summed E-state index contributed by atoms with van der Waals surface area (Å²) in [5.41, 5.74) is 2.76. The highest BCUT2D eigenvalue weighted by molar-refractivity contribution is 7.11. The molecular weight excluding hydrogens is 308 g/mol. The van der Waals surface area contributed by atoms with E-state index in [4.69, 9.17) is 4.74 Å². The second-order valence-electron chi connectivity index (χ2n) is 5.10. The summed E-state index contributed by atoms with van der Waals surface area (Å²) in [7, 11) is 0. The van der Waals surface area contributed by atoms with Gasteiger partial charge < -0.3 is 10.1 Å². The molecule has 0 aliphatic carbocycles. The molecule has 0 aliphatic rings. The maximum absolute atomic E-state index is 12.1. The van der Waals surface area contributed by atoms with E-state index in [2.05, 4.69) is 10.3 Å². The normalized spacial score (nSPS) is 10.3. The summed E-state index contributed by atoms with van der Waals surface area (Å²) in [6.07, 6.45) is 1.70. The van der Waals surface area contributed by atoms with Crippen LogP contribution in [0.4, 0.5) is 0 Å². The number of rotatable bonds is 5. The fourth-order valence-corrected chi connectivity index (χ4v) is 2.61. The molecule has 1 heterocycles. The number of amides is 1. The van der Waals surface area contributed by atoms with Gasteiger partial charge in [-0.1, -0.05) is 41.2 Å². The Hall–Kier alpha value is -2.66. The molecule has 0 unspecified atom stereocenters. The molecule has 0 fully saturated rings. The first kappa shape index (κ1) is 15.2. The first-order valence-electron chi connectivity index (χ1n) is 7.22. The van der Waals surface area contributed by atoms with Gasteiger partial charge in [0.05, 0.1) is 0 Å². The molecule has 4 nitrogen and oxygen atoms in total. The summed E-state index contributed by atoms with van der Waals surface area (Å²) in [6.45, 7) is 2.45. The standard InChI is InChI=1S/C18H16N2O2S/c1-13-3-2-4-15(11-13)17(21)20-12-14-5-7-16(8-6-14)22-18-19-9-10-23-18/h2-11H,12H2,1H3,(H,20,21). The lowest BCUT2D eigenvalue weighted by Crippen LogP contribution is -2.22. The van der Waals surface area contributed by atoms with E-state index in [-0.39, 0.29) is 5.91 Å². The highest BCUT2D eigenvalue weighted by Gasteiger charge is 2.05. The molecule has 116 valence electrons. The van der Waals surface area contributed by atoms with Crippen LogP contribution in [0.3, 0.4) is 0 Å². The maximum Gasteiger partial charge on any atom is 0.278 e. The largest absolute Gasteiger partial charge is 0.431 e. The van der Waals surface area contributed by atoms with E-state index in [1.165, 1.54) is 11.3 Å². The van der Waals surface area contributed by atoms with Crippen LogP contribution in [0.2, 0.25) is 0 Å². The monoisotopic (exact) mass is 324 g/mol. The first-order chi connectivity index (χ1) is 11.2. The average Bonchev–Trinajstić information content (AvgIpc) is 3.07. The molecule has 1 amide bonds. The van der Waals surface area contributed by atoms with Crippen molar-refractivity contribution in [3.8, 4) is 10.9 Å². The van der Waals surface area contributed by atoms with Crippen LogP contribution < -0.4 is 10.1 Å². The van der Waals surface area contributed by atoms with E-state index in [0.29, 0.717) is 17.3 Å². The van der Waals surface area contributed by atoms with E-state index < -0.39 is 0 Å². The third-order valence-electron chi connectivity index (χ3n) is 3.27. The molecule has 2 aromatic carbocycles. The van der Waals surface area contributed by atoms with Crippen LogP contribution in [-0.2, 0) is 6.54 Å². The fraction of sp³-hybridized carbons (Fsp3) is 0.111. The maximum atomic E-state index is 12.1. The summed E-state index contributed by atoms with van der Waals surface area (Å²) in [5.74, 6) is 0.658. The second kappa shape index (κ2) is 7.07. The van der Waals surface area contributed by atoms with E-state index in [0.717, 1.165) is 16.9 Å². The topological polar surface area (TPSA) is 51.2 Å². The summed E-state index contributed by atoms with van der Waals surface area (Å²) < 4.78 is 5.60. The predicted octanol–water partition coefficient (Wildman–Crippen LogP) is 4.17. The third kappa shape index (κ3) is 4.17. The number of benzene rings is 2. The number of nitrogens with zero attached hydrogens (tertiary/aromatic N) is 1. The van der Waals surface area contributed by atoms with Crippen LogP contribution in [0.5, 0.6) is 10.9 Å². The fourth-order valence-electron chi connectivity index (χ4n) is 2.11. The Kier molecular flexibility index (Phi) is 4.68. The number of hydrogen-bond acceptors (Lipinski definition) is 4. The van der Waals surface area contributed by atoms with Gasteiger partial charge in [0.2, 0.25) is 0 Å². The van der Waals surface area contributed by atoms with E-state index in [1.54, 1.807) is 6.20 Å². The number of carbonyl (C=O) groups excluding carboxylic acids is 1. The van der Waals surface area contributed by atoms with Gasteiger partial charge in [-0.15, -0.1) is 0 Å². The smallest absolute Gasteiger partial charge is 0.278 e. The number of aryl methyl sites for hydroxylation is 1. The number of hydrogen-bond donors (Lipinski definition) is 1. The minimum Gasteiger partial charge on any atom is -0.431 e. The highest BCUT2D eigenvalue weighted by atomic mass is 32.1. The lowest BCUT2D eigenvalue weighted by molar-refractivity contribution is 0.0951. The summed E-state index contributed by atoms with van der Waals surface area (Å²) in [4.78, 5) is 16.2. The molecule has 1 N–H and O–H groups in total. The average molecular weight is 324 g/mol. The molecule has 3 aromatic rings. The molecule has 23 heavy (non-hydrogen) atoms. The van der Waals surface area contributed by atoms with E-state index in [1.807, 2.05) is 60.8 Å². The number of thiazole rings is 1. The zero-order valence-corrected chi connectivity index (χ0v) is 13.5. The van der Waals surface area contributed by atoms with E-state index in [9.17, 15) is 4.79 Å². The van der Waals surface area contributed by atoms with Crippen LogP contribution in [0.25, 0.3) is 0 Å². The van der Waals surface area contributed by atoms with Gasteiger partial charge in [-0.2, -0.15) is 0 Å². The van der Waals surface area contributed by atoms with E-state index >= 15 is 0 Å². The molecule has 0 saturated carbocycles. The molecule has 1 aromatic heterocycles. The van der Waals surface area contributed by atoms with Crippen molar-refractivity contribution in [1.29, 1.82) is 0 Å². The van der Waals surface area contributed by atoms with Crippen molar-refractivity contribution in [2.24, 2.45) is 0 Å². The van der Waals surface area contributed by atoms with Gasteiger partial charge in [-0.25, -0.2) is 4.98 Å². The van der Waals surface area contributed by atoms with Crippen molar-refractivity contribution in [2.75, 3.05) is 0 Å². The van der Waals surface area contributed by atoms with Gasteiger partial charge in [0, 0.05) is 23.7 Å². The molecule has 0 saturated heterocycles. The number of ether oxygens (including phenoxy) is 1. The molecule has 5 heteroatoms. The SMILES string of the molecule is Cc1cccc(C(=O)NCc2ccc(Oc3nccs3)cc2)c1. The molecule has 3 rings (SSSR count). The van der Waals surface area contributed by atoms with Crippen molar-refractivity contribution in [2.45, 2.75) is 13.5 Å². The summed E-state index contributed by atoms with van der Waals surface area (Å²) >= 11 is 1.44. The lowest BCUT2D eigenvalue weighted by Gasteiger charge is -2.07. The van der Waals surface area contributed by atoms with Gasteiger partial charge in [0.15, 0.2) is 0 Å². The predicted molar refractivity (Wildman–Crippen MR) is 91.0 cm³/mol. The Morgan fingerprint density at radius 2 is 2.04 bits per heavy atom. The van der Waals surface area contributed by atoms with Crippen LogP contribution in [0.15, 0.2) is 60.1 Å². The number of aromatic nitrogens is 1. The van der Waals surface area contributed by atoms with Crippen molar-refractivity contribution < 1.29 is 9.53 Å². The minimum atomic E-state index is -0.0724. The first-order valence-corrected chi connectivity index (χ1v) is 8.10. The van der Waals surface area contributed by atoms with Crippen molar-refractivity contribution in [1.82, 2.24) is 10.3 Å². The molecule has 0 spiro atoms. The highest BCUT2D eigenvalue weighted by Crippen LogP contribution is 2.23. The van der Waals surface area contributed by atoms with Crippen LogP contribution >= 0.6 is 11.3 Å². The van der Waals surface area contributed by atoms with Gasteiger partial charge in [-0.3, -0.25) is 4.79 Å². The van der Waals surface area contributed by atoms with Crippen molar-refractivity contribution >= 4 is 17.2 Å². The second-order valence-corrected chi connectivity index (χ2v) is 5.95. The van der Waals surface area contributed by atoms with Crippen molar-refractivity contribution in [3.05, 3.63) is 76.8 Å². The minimum absolute atomic E-state index is 0.0724. The summed E-state index contributed by atoms with van der Waals surface area (Å²) in [6, 6.07) is 15.1. The number of nitrogens with one attached hydrogen (secondary N) is 1. The third-order valence-corrected chi connectivity index (χ3v) is 3.92. The lowest BCUT2D eigenvalue weighted by atomic mass is 10.1. The molecular formula is C18H16N2O2S. The zero-order valence-electron chi connectivity index (χ0n) is 12.7. The van der Waals surface area contributed by atoms with Crippen LogP contribution in [-0.4, -0.2) is 10.9 Å². The Balaban J connectivity index is 1.57. The molecule has 0 aliphatic heterocycles. The van der Waals surface area contributed by atoms with Gasteiger partial charge in [0.25, 0.3) is 11.1 Å². The van der Waals surface area contributed by atoms with Crippen LogP contribution in [0, 0.1) is 6.92 Å². The van der Waals surface area contributed by atoms with Gasteiger partial charge in [0.1, 0.15) is 5.75 Å². The summed E-state index contributed by atoms with van der Waals surface area (Å²) in [5, 5.41) is 5.40. The van der Waals surface area contributed by atoms with Crippen LogP contribution in [0.1, 0.15) is 21.5 Å².